The number of aryl methyl sites for hydroxylation is 2. The Bertz CT molecular complexity index is 1300. The largest absolute Gasteiger partial charge is 0.381 e. The van der Waals surface area contributed by atoms with Gasteiger partial charge in [0.05, 0.1) is 22.6 Å². The van der Waals surface area contributed by atoms with E-state index in [0.717, 1.165) is 54.4 Å². The van der Waals surface area contributed by atoms with E-state index in [1.54, 1.807) is 12.1 Å². The third-order valence-electron chi connectivity index (χ3n) is 5.73. The van der Waals surface area contributed by atoms with E-state index in [2.05, 4.69) is 27.8 Å². The molecule has 0 atom stereocenters. The number of imidazole rings is 1. The van der Waals surface area contributed by atoms with Crippen molar-refractivity contribution in [2.45, 2.75) is 32.7 Å². The highest BCUT2D eigenvalue weighted by Gasteiger charge is 2.22. The Hall–Kier alpha value is -3.94. The number of hydrogen-bond donors (Lipinski definition) is 3. The molecule has 1 aromatic carbocycles. The van der Waals surface area contributed by atoms with Crippen molar-refractivity contribution in [2.75, 3.05) is 17.2 Å². The quantitative estimate of drug-likeness (QED) is 0.449. The van der Waals surface area contributed by atoms with Crippen LogP contribution in [0.3, 0.4) is 0 Å². The van der Waals surface area contributed by atoms with E-state index >= 15 is 0 Å². The lowest BCUT2D eigenvalue weighted by Crippen LogP contribution is -2.13. The molecule has 0 fully saturated rings. The van der Waals surface area contributed by atoms with Gasteiger partial charge in [0.15, 0.2) is 11.6 Å². The van der Waals surface area contributed by atoms with Crippen molar-refractivity contribution in [2.24, 2.45) is 5.73 Å². The highest BCUT2D eigenvalue weighted by Crippen LogP contribution is 2.32. The third kappa shape index (κ3) is 3.64. The lowest BCUT2D eigenvalue weighted by molar-refractivity contribution is 0.100. The second kappa shape index (κ2) is 8.30. The lowest BCUT2D eigenvalue weighted by atomic mass is 10.2. The fourth-order valence-corrected chi connectivity index (χ4v) is 4.16. The van der Waals surface area contributed by atoms with Gasteiger partial charge in [-0.25, -0.2) is 15.0 Å². The molecule has 0 saturated heterocycles. The molecular weight excluding hydrogens is 402 g/mol. The van der Waals surface area contributed by atoms with Crippen molar-refractivity contribution < 1.29 is 4.79 Å². The lowest BCUT2D eigenvalue weighted by Gasteiger charge is -2.16. The van der Waals surface area contributed by atoms with Gasteiger partial charge in [-0.1, -0.05) is 30.3 Å². The number of carbonyl (C=O) groups is 1. The molecule has 0 bridgehead atoms. The summed E-state index contributed by atoms with van der Waals surface area (Å²) in [6.07, 6.45) is 4.88. The van der Waals surface area contributed by atoms with E-state index in [1.807, 2.05) is 35.7 Å². The summed E-state index contributed by atoms with van der Waals surface area (Å²) in [6, 6.07) is 13.7. The minimum Gasteiger partial charge on any atom is -0.381 e. The molecule has 0 radical (unpaired) electrons. The van der Waals surface area contributed by atoms with Crippen molar-refractivity contribution in [3.8, 4) is 11.5 Å². The summed E-state index contributed by atoms with van der Waals surface area (Å²) >= 11 is 0. The zero-order valence-corrected chi connectivity index (χ0v) is 17.9. The van der Waals surface area contributed by atoms with E-state index < -0.39 is 5.91 Å². The van der Waals surface area contributed by atoms with Gasteiger partial charge in [-0.3, -0.25) is 9.20 Å². The number of carbonyl (C=O) groups excluding carboxylic acids is 1. The van der Waals surface area contributed by atoms with Crippen molar-refractivity contribution in [1.82, 2.24) is 19.4 Å². The first-order valence-corrected chi connectivity index (χ1v) is 10.8. The van der Waals surface area contributed by atoms with Crippen LogP contribution < -0.4 is 16.4 Å². The molecule has 4 aromatic rings. The van der Waals surface area contributed by atoms with Crippen molar-refractivity contribution in [1.29, 1.82) is 0 Å². The topological polar surface area (TPSA) is 110 Å². The number of pyridine rings is 1. The molecule has 8 nitrogen and oxygen atoms in total. The summed E-state index contributed by atoms with van der Waals surface area (Å²) in [5, 5.41) is 7.01. The molecule has 162 valence electrons. The summed E-state index contributed by atoms with van der Waals surface area (Å²) < 4.78 is 1.85. The van der Waals surface area contributed by atoms with E-state index in [4.69, 9.17) is 15.7 Å². The molecule has 0 saturated carbocycles. The fraction of sp³-hybridized carbons (Fsp3) is 0.250. The average Bonchev–Trinajstić information content (AvgIpc) is 2.96. The third-order valence-corrected chi connectivity index (χ3v) is 5.73. The van der Waals surface area contributed by atoms with Gasteiger partial charge in [-0.2, -0.15) is 0 Å². The molecule has 3 aromatic heterocycles. The number of rotatable bonds is 5. The van der Waals surface area contributed by atoms with Gasteiger partial charge in [0, 0.05) is 19.3 Å². The molecule has 4 N–H and O–H groups in total. The van der Waals surface area contributed by atoms with Crippen molar-refractivity contribution >= 4 is 23.1 Å². The second-order valence-electron chi connectivity index (χ2n) is 7.97. The fourth-order valence-electron chi connectivity index (χ4n) is 4.16. The number of nitrogens with one attached hydrogen (secondary N) is 2. The average molecular weight is 428 g/mol. The normalized spacial score (nSPS) is 13.3. The minimum atomic E-state index is -0.510. The number of nitrogens with two attached hydrogens (primary N) is 1. The van der Waals surface area contributed by atoms with Crippen LogP contribution in [0.4, 0.5) is 11.5 Å². The molecular formula is C24H25N7O. The van der Waals surface area contributed by atoms with Crippen LogP contribution in [-0.2, 0) is 13.0 Å². The van der Waals surface area contributed by atoms with Gasteiger partial charge >= 0.3 is 0 Å². The van der Waals surface area contributed by atoms with Gasteiger partial charge in [-0.05, 0) is 43.9 Å². The van der Waals surface area contributed by atoms with Gasteiger partial charge in [0.25, 0.3) is 5.91 Å². The van der Waals surface area contributed by atoms with Crippen LogP contribution >= 0.6 is 0 Å². The molecule has 1 aliphatic rings. The summed E-state index contributed by atoms with van der Waals surface area (Å²) in [4.78, 5) is 26.3. The number of benzene rings is 1. The Morgan fingerprint density at radius 2 is 1.97 bits per heavy atom. The molecule has 0 unspecified atom stereocenters. The van der Waals surface area contributed by atoms with Crippen molar-refractivity contribution in [3.63, 3.8) is 0 Å². The number of fused-ring (bicyclic) bond motifs is 2. The molecule has 32 heavy (non-hydrogen) atoms. The predicted octanol–water partition coefficient (Wildman–Crippen LogP) is 3.56. The number of nitrogens with zero attached hydrogens (tertiary/aromatic N) is 4. The van der Waals surface area contributed by atoms with Crippen LogP contribution in [0.25, 0.3) is 17.2 Å². The summed E-state index contributed by atoms with van der Waals surface area (Å²) in [5.41, 5.74) is 11.1. The van der Waals surface area contributed by atoms with Crippen molar-refractivity contribution in [3.05, 3.63) is 71.2 Å². The Morgan fingerprint density at radius 1 is 1.12 bits per heavy atom. The Labute approximate surface area is 185 Å². The first-order chi connectivity index (χ1) is 15.6. The summed E-state index contributed by atoms with van der Waals surface area (Å²) in [7, 11) is 0. The van der Waals surface area contributed by atoms with E-state index in [9.17, 15) is 4.79 Å². The monoisotopic (exact) mass is 427 g/mol. The van der Waals surface area contributed by atoms with Crippen LogP contribution in [0.2, 0.25) is 0 Å². The first kappa shape index (κ1) is 20.0. The summed E-state index contributed by atoms with van der Waals surface area (Å²) in [6.45, 7) is 3.45. The molecule has 1 aliphatic heterocycles. The molecule has 5 rings (SSSR count). The Kier molecular flexibility index (Phi) is 5.18. The Morgan fingerprint density at radius 3 is 2.78 bits per heavy atom. The maximum atomic E-state index is 11.9. The van der Waals surface area contributed by atoms with Crippen LogP contribution in [0.1, 0.15) is 40.2 Å². The van der Waals surface area contributed by atoms with Gasteiger partial charge in [-0.15, -0.1) is 0 Å². The number of anilines is 2. The minimum absolute atomic E-state index is 0.376. The SMILES string of the molecule is Cc1nc2c(C(N)=O)cccn2c1-c1nc2c(c(NCc3ccccc3)n1)NCCCC2. The standard InChI is InChI=1S/C24H25N7O/c1-15-20(31-13-7-10-17(21(25)32)24(31)28-15)23-29-18-11-5-6-12-26-19(18)22(30-23)27-14-16-8-3-2-4-9-16/h2-4,7-10,13,26H,5-6,11-12,14H2,1H3,(H2,25,32)(H,27,29,30). The van der Waals surface area contributed by atoms with Gasteiger partial charge < -0.3 is 16.4 Å². The Balaban J connectivity index is 1.63. The van der Waals surface area contributed by atoms with E-state index in [1.165, 1.54) is 5.56 Å². The zero-order chi connectivity index (χ0) is 22.1. The van der Waals surface area contributed by atoms with Crippen LogP contribution in [0, 0.1) is 6.92 Å². The number of amides is 1. The van der Waals surface area contributed by atoms with Crippen LogP contribution in [0.5, 0.6) is 0 Å². The molecule has 0 spiro atoms. The summed E-state index contributed by atoms with van der Waals surface area (Å²) in [5.74, 6) is 0.843. The van der Waals surface area contributed by atoms with E-state index in [-0.39, 0.29) is 0 Å². The molecule has 8 heteroatoms. The van der Waals surface area contributed by atoms with Gasteiger partial charge in [0.1, 0.15) is 11.3 Å². The first-order valence-electron chi connectivity index (χ1n) is 10.8. The van der Waals surface area contributed by atoms with Gasteiger partial charge in [0.2, 0.25) is 0 Å². The smallest absolute Gasteiger partial charge is 0.252 e. The molecule has 4 heterocycles. The predicted molar refractivity (Wildman–Crippen MR) is 125 cm³/mol. The highest BCUT2D eigenvalue weighted by molar-refractivity contribution is 5.99. The molecule has 0 aliphatic carbocycles. The highest BCUT2D eigenvalue weighted by atomic mass is 16.1. The molecule has 1 amide bonds. The number of primary amides is 1. The maximum absolute atomic E-state index is 11.9. The van der Waals surface area contributed by atoms with Crippen LogP contribution in [0.15, 0.2) is 48.7 Å². The van der Waals surface area contributed by atoms with E-state index in [0.29, 0.717) is 23.6 Å². The number of aromatic nitrogens is 4. The second-order valence-corrected chi connectivity index (χ2v) is 7.97. The van der Waals surface area contributed by atoms with Crippen LogP contribution in [-0.4, -0.2) is 31.8 Å². The zero-order valence-electron chi connectivity index (χ0n) is 17.9. The maximum Gasteiger partial charge on any atom is 0.252 e. The number of hydrogen-bond acceptors (Lipinski definition) is 6.